The molecule has 0 spiro atoms. The lowest BCUT2D eigenvalue weighted by atomic mass is 10.2. The van der Waals surface area contributed by atoms with Crippen LogP contribution in [-0.4, -0.2) is 19.3 Å². The van der Waals surface area contributed by atoms with Crippen LogP contribution in [0.2, 0.25) is 0 Å². The van der Waals surface area contributed by atoms with Crippen LogP contribution in [0.25, 0.3) is 0 Å². The van der Waals surface area contributed by atoms with E-state index in [1.807, 2.05) is 30.1 Å². The lowest BCUT2D eigenvalue weighted by molar-refractivity contribution is 0.604. The Balaban J connectivity index is 2.17. The summed E-state index contributed by atoms with van der Waals surface area (Å²) < 4.78 is 1.43. The summed E-state index contributed by atoms with van der Waals surface area (Å²) in [5.74, 6) is 1.96. The van der Waals surface area contributed by atoms with E-state index in [0.29, 0.717) is 0 Å². The summed E-state index contributed by atoms with van der Waals surface area (Å²) in [6.45, 7) is 3.38. The molecule has 1 nitrogen and oxygen atoms in total. The van der Waals surface area contributed by atoms with Gasteiger partial charge in [0, 0.05) is 5.75 Å². The van der Waals surface area contributed by atoms with Crippen molar-refractivity contribution in [3.8, 4) is 0 Å². The molecular formula is C9H15NS2. The van der Waals surface area contributed by atoms with Crippen molar-refractivity contribution >= 4 is 23.1 Å². The van der Waals surface area contributed by atoms with E-state index in [0.717, 1.165) is 12.5 Å². The monoisotopic (exact) mass is 201 g/mol. The minimum absolute atomic E-state index is 0.752. The molecule has 0 bridgehead atoms. The summed E-state index contributed by atoms with van der Waals surface area (Å²) >= 11 is 3.78. The first-order chi connectivity index (χ1) is 5.83. The lowest BCUT2D eigenvalue weighted by Crippen LogP contribution is -2.17. The molecule has 0 saturated heterocycles. The van der Waals surface area contributed by atoms with Crippen LogP contribution in [0.4, 0.5) is 0 Å². The molecule has 0 aliphatic carbocycles. The summed E-state index contributed by atoms with van der Waals surface area (Å²) in [4.78, 5) is 0. The van der Waals surface area contributed by atoms with Gasteiger partial charge in [0.1, 0.15) is 0 Å². The highest BCUT2D eigenvalue weighted by atomic mass is 32.2. The van der Waals surface area contributed by atoms with Gasteiger partial charge in [0.2, 0.25) is 0 Å². The Morgan fingerprint density at radius 2 is 2.50 bits per heavy atom. The highest BCUT2D eigenvalue weighted by Gasteiger charge is 2.01. The third-order valence-corrected chi connectivity index (χ3v) is 4.02. The van der Waals surface area contributed by atoms with E-state index in [1.165, 1.54) is 9.96 Å². The maximum atomic E-state index is 3.19. The molecule has 0 aliphatic heterocycles. The van der Waals surface area contributed by atoms with Gasteiger partial charge in [0.05, 0.1) is 4.21 Å². The second-order valence-electron chi connectivity index (χ2n) is 2.91. The molecule has 3 heteroatoms. The minimum Gasteiger partial charge on any atom is -0.319 e. The zero-order valence-electron chi connectivity index (χ0n) is 7.54. The first-order valence-corrected chi connectivity index (χ1v) is 6.00. The number of hydrogen-bond donors (Lipinski definition) is 1. The van der Waals surface area contributed by atoms with Gasteiger partial charge in [0.15, 0.2) is 0 Å². The Bertz CT molecular complexity index is 196. The number of nitrogens with one attached hydrogen (secondary N) is 1. The lowest BCUT2D eigenvalue weighted by Gasteiger charge is -2.08. The van der Waals surface area contributed by atoms with Gasteiger partial charge in [-0.2, -0.15) is 0 Å². The molecule has 0 amide bonds. The van der Waals surface area contributed by atoms with E-state index in [4.69, 9.17) is 0 Å². The fourth-order valence-electron chi connectivity index (χ4n) is 0.977. The predicted molar refractivity (Wildman–Crippen MR) is 58.1 cm³/mol. The van der Waals surface area contributed by atoms with Gasteiger partial charge in [0.25, 0.3) is 0 Å². The van der Waals surface area contributed by atoms with E-state index in [-0.39, 0.29) is 0 Å². The summed E-state index contributed by atoms with van der Waals surface area (Å²) in [7, 11) is 2.01. The van der Waals surface area contributed by atoms with Gasteiger partial charge in [-0.15, -0.1) is 23.1 Å². The summed E-state index contributed by atoms with van der Waals surface area (Å²) in [6.07, 6.45) is 0. The molecule has 1 aromatic rings. The van der Waals surface area contributed by atoms with Crippen LogP contribution in [0.5, 0.6) is 0 Å². The normalized spacial score (nSPS) is 13.2. The first kappa shape index (κ1) is 10.1. The molecule has 1 N–H and O–H groups in total. The molecule has 0 aromatic carbocycles. The van der Waals surface area contributed by atoms with Crippen LogP contribution >= 0.6 is 23.1 Å². The smallest absolute Gasteiger partial charge is 0.0598 e. The Hall–Kier alpha value is 0.01000. The second kappa shape index (κ2) is 5.62. The SMILES string of the molecule is CNCC(C)CSc1cccs1. The number of hydrogen-bond acceptors (Lipinski definition) is 3. The highest BCUT2D eigenvalue weighted by Crippen LogP contribution is 2.24. The van der Waals surface area contributed by atoms with Crippen molar-refractivity contribution in [2.24, 2.45) is 5.92 Å². The van der Waals surface area contributed by atoms with Gasteiger partial charge >= 0.3 is 0 Å². The van der Waals surface area contributed by atoms with Gasteiger partial charge < -0.3 is 5.32 Å². The van der Waals surface area contributed by atoms with Gasteiger partial charge in [-0.1, -0.05) is 13.0 Å². The van der Waals surface area contributed by atoms with Crippen LogP contribution in [0.3, 0.4) is 0 Å². The van der Waals surface area contributed by atoms with Crippen molar-refractivity contribution in [1.82, 2.24) is 5.32 Å². The molecular weight excluding hydrogens is 186 g/mol. The average molecular weight is 201 g/mol. The molecule has 0 saturated carbocycles. The van der Waals surface area contributed by atoms with Crippen molar-refractivity contribution < 1.29 is 0 Å². The quantitative estimate of drug-likeness (QED) is 0.735. The molecule has 1 rings (SSSR count). The summed E-state index contributed by atoms with van der Waals surface area (Å²) in [5, 5.41) is 5.32. The minimum atomic E-state index is 0.752. The zero-order chi connectivity index (χ0) is 8.81. The van der Waals surface area contributed by atoms with Crippen LogP contribution in [0.1, 0.15) is 6.92 Å². The van der Waals surface area contributed by atoms with E-state index >= 15 is 0 Å². The van der Waals surface area contributed by atoms with Gasteiger partial charge in [-0.05, 0) is 31.0 Å². The largest absolute Gasteiger partial charge is 0.319 e. The molecule has 1 heterocycles. The number of thiophene rings is 1. The standard InChI is InChI=1S/C9H15NS2/c1-8(6-10-2)7-12-9-4-3-5-11-9/h3-5,8,10H,6-7H2,1-2H3. The van der Waals surface area contributed by atoms with Crippen LogP contribution < -0.4 is 5.32 Å². The van der Waals surface area contributed by atoms with Crippen LogP contribution in [-0.2, 0) is 0 Å². The van der Waals surface area contributed by atoms with E-state index in [1.54, 1.807) is 0 Å². The molecule has 12 heavy (non-hydrogen) atoms. The second-order valence-corrected chi connectivity index (χ2v) is 5.17. The Labute approximate surface area is 82.6 Å². The predicted octanol–water partition coefficient (Wildman–Crippen LogP) is 2.70. The molecule has 1 atom stereocenters. The van der Waals surface area contributed by atoms with E-state index in [2.05, 4.69) is 29.8 Å². The number of thioether (sulfide) groups is 1. The molecule has 68 valence electrons. The fourth-order valence-corrected chi connectivity index (χ4v) is 2.81. The highest BCUT2D eigenvalue weighted by molar-refractivity contribution is 8.01. The third-order valence-electron chi connectivity index (χ3n) is 1.56. The third kappa shape index (κ3) is 3.61. The van der Waals surface area contributed by atoms with E-state index < -0.39 is 0 Å². The average Bonchev–Trinajstić information content (AvgIpc) is 2.53. The van der Waals surface area contributed by atoms with Crippen molar-refractivity contribution in [1.29, 1.82) is 0 Å². The molecule has 0 fully saturated rings. The maximum absolute atomic E-state index is 3.19. The van der Waals surface area contributed by atoms with Crippen molar-refractivity contribution in [3.05, 3.63) is 17.5 Å². The maximum Gasteiger partial charge on any atom is 0.0598 e. The topological polar surface area (TPSA) is 12.0 Å². The van der Waals surface area contributed by atoms with Gasteiger partial charge in [-0.25, -0.2) is 0 Å². The molecule has 0 radical (unpaired) electrons. The van der Waals surface area contributed by atoms with E-state index in [9.17, 15) is 0 Å². The van der Waals surface area contributed by atoms with Crippen LogP contribution in [0, 0.1) is 5.92 Å². The van der Waals surface area contributed by atoms with Crippen molar-refractivity contribution in [2.45, 2.75) is 11.1 Å². The molecule has 0 aliphatic rings. The Morgan fingerprint density at radius 3 is 3.08 bits per heavy atom. The first-order valence-electron chi connectivity index (χ1n) is 4.14. The zero-order valence-corrected chi connectivity index (χ0v) is 9.17. The Morgan fingerprint density at radius 1 is 1.67 bits per heavy atom. The van der Waals surface area contributed by atoms with Crippen molar-refractivity contribution in [3.63, 3.8) is 0 Å². The molecule has 1 unspecified atom stereocenters. The fraction of sp³-hybridized carbons (Fsp3) is 0.556. The number of rotatable bonds is 5. The van der Waals surface area contributed by atoms with Gasteiger partial charge in [-0.3, -0.25) is 0 Å². The Kier molecular flexibility index (Phi) is 4.73. The molecule has 1 aromatic heterocycles. The summed E-state index contributed by atoms with van der Waals surface area (Å²) in [6, 6.07) is 4.29. The summed E-state index contributed by atoms with van der Waals surface area (Å²) in [5.41, 5.74) is 0. The van der Waals surface area contributed by atoms with Crippen LogP contribution in [0.15, 0.2) is 21.7 Å². The van der Waals surface area contributed by atoms with Crippen molar-refractivity contribution in [2.75, 3.05) is 19.3 Å².